The van der Waals surface area contributed by atoms with E-state index in [1.54, 1.807) is 31.4 Å². The van der Waals surface area contributed by atoms with E-state index >= 15 is 0 Å². The summed E-state index contributed by atoms with van der Waals surface area (Å²) in [6, 6.07) is 28.5. The van der Waals surface area contributed by atoms with Crippen LogP contribution in [0.15, 0.2) is 91.0 Å². The maximum atomic E-state index is 13.4. The van der Waals surface area contributed by atoms with Gasteiger partial charge in [-0.1, -0.05) is 78.9 Å². The van der Waals surface area contributed by atoms with Crippen molar-refractivity contribution in [3.8, 4) is 0 Å². The quantitative estimate of drug-likeness (QED) is 0.251. The van der Waals surface area contributed by atoms with Crippen LogP contribution in [0.1, 0.15) is 49.2 Å². The van der Waals surface area contributed by atoms with Crippen LogP contribution in [0.3, 0.4) is 0 Å². The first-order valence-electron chi connectivity index (χ1n) is 16.1. The standard InChI is InChI=1S/C37H44O10/c1-23-28(44-34(38)27-19-13-8-14-20-27)30(40-21-25-15-9-6-10-16-25)32(41-22-26-17-11-7-12-18-26)36(43-23)45-29-24(2)42-35(39-5)33-31(29)46-37(3,4)47-33/h6-20,23-24,28-33,35-36H,21-22H2,1-5H3/t23-,24-,28-,29-,30+,31+,32+,33+,35+,36+/m0/s1. The van der Waals surface area contributed by atoms with E-state index < -0.39 is 73.2 Å². The third-order valence-corrected chi connectivity index (χ3v) is 8.64. The van der Waals surface area contributed by atoms with Crippen molar-refractivity contribution < 1.29 is 47.4 Å². The Kier molecular flexibility index (Phi) is 10.7. The second kappa shape index (κ2) is 14.9. The Bertz CT molecular complexity index is 1420. The van der Waals surface area contributed by atoms with Crippen molar-refractivity contribution in [2.45, 2.75) is 108 Å². The monoisotopic (exact) mass is 648 g/mol. The summed E-state index contributed by atoms with van der Waals surface area (Å²) in [7, 11) is 1.58. The number of hydrogen-bond donors (Lipinski definition) is 0. The van der Waals surface area contributed by atoms with E-state index in [9.17, 15) is 4.79 Å². The van der Waals surface area contributed by atoms with Crippen LogP contribution in [0, 0.1) is 0 Å². The van der Waals surface area contributed by atoms with Gasteiger partial charge >= 0.3 is 5.97 Å². The molecule has 3 aromatic rings. The minimum Gasteiger partial charge on any atom is -0.453 e. The highest BCUT2D eigenvalue weighted by Crippen LogP contribution is 2.41. The summed E-state index contributed by atoms with van der Waals surface area (Å²) in [6.07, 6.45) is -6.66. The summed E-state index contributed by atoms with van der Waals surface area (Å²) in [5.74, 6) is -1.36. The fourth-order valence-electron chi connectivity index (χ4n) is 6.36. The van der Waals surface area contributed by atoms with Crippen LogP contribution in [0.25, 0.3) is 0 Å². The highest BCUT2D eigenvalue weighted by molar-refractivity contribution is 5.89. The summed E-state index contributed by atoms with van der Waals surface area (Å²) in [5.41, 5.74) is 2.34. The zero-order chi connectivity index (χ0) is 33.0. The molecule has 0 N–H and O–H groups in total. The van der Waals surface area contributed by atoms with Gasteiger partial charge < -0.3 is 42.6 Å². The van der Waals surface area contributed by atoms with Gasteiger partial charge in [-0.25, -0.2) is 4.79 Å². The molecule has 0 aliphatic carbocycles. The van der Waals surface area contributed by atoms with Crippen molar-refractivity contribution in [1.82, 2.24) is 0 Å². The van der Waals surface area contributed by atoms with Crippen molar-refractivity contribution in [2.75, 3.05) is 7.11 Å². The van der Waals surface area contributed by atoms with Crippen LogP contribution in [0.4, 0.5) is 0 Å². The van der Waals surface area contributed by atoms with Gasteiger partial charge in [-0.3, -0.25) is 0 Å². The minimum absolute atomic E-state index is 0.245. The summed E-state index contributed by atoms with van der Waals surface area (Å²) >= 11 is 0. The van der Waals surface area contributed by atoms with Crippen LogP contribution >= 0.6 is 0 Å². The van der Waals surface area contributed by atoms with E-state index in [2.05, 4.69) is 0 Å². The number of benzene rings is 3. The number of esters is 1. The summed E-state index contributed by atoms with van der Waals surface area (Å²) in [6.45, 7) is 7.95. The number of carbonyl (C=O) groups is 1. The van der Waals surface area contributed by atoms with Crippen molar-refractivity contribution in [1.29, 1.82) is 0 Å². The van der Waals surface area contributed by atoms with Crippen molar-refractivity contribution >= 4 is 5.97 Å². The maximum absolute atomic E-state index is 13.4. The van der Waals surface area contributed by atoms with Crippen LogP contribution < -0.4 is 0 Å². The van der Waals surface area contributed by atoms with Crippen molar-refractivity contribution in [3.63, 3.8) is 0 Å². The average Bonchev–Trinajstić information content (AvgIpc) is 3.41. The zero-order valence-corrected chi connectivity index (χ0v) is 27.4. The third-order valence-electron chi connectivity index (χ3n) is 8.64. The lowest BCUT2D eigenvalue weighted by molar-refractivity contribution is -0.350. The molecule has 0 bridgehead atoms. The Morgan fingerprint density at radius 3 is 1.77 bits per heavy atom. The Morgan fingerprint density at radius 1 is 0.660 bits per heavy atom. The second-order valence-corrected chi connectivity index (χ2v) is 12.6. The average molecular weight is 649 g/mol. The Morgan fingerprint density at radius 2 is 1.17 bits per heavy atom. The minimum atomic E-state index is -0.940. The van der Waals surface area contributed by atoms with Gasteiger partial charge in [0.1, 0.15) is 30.5 Å². The van der Waals surface area contributed by atoms with Crippen molar-refractivity contribution in [2.24, 2.45) is 0 Å². The number of fused-ring (bicyclic) bond motifs is 1. The normalized spacial score (nSPS) is 33.2. The summed E-state index contributed by atoms with van der Waals surface area (Å²) in [5, 5.41) is 0. The van der Waals surface area contributed by atoms with Gasteiger partial charge in [-0.15, -0.1) is 0 Å². The van der Waals surface area contributed by atoms with Crippen LogP contribution in [-0.4, -0.2) is 80.3 Å². The zero-order valence-electron chi connectivity index (χ0n) is 27.4. The summed E-state index contributed by atoms with van der Waals surface area (Å²) < 4.78 is 57.0. The Balaban J connectivity index is 1.31. The number of rotatable bonds is 11. The molecule has 3 fully saturated rings. The van der Waals surface area contributed by atoms with E-state index in [1.165, 1.54) is 0 Å². The fourth-order valence-corrected chi connectivity index (χ4v) is 6.36. The summed E-state index contributed by atoms with van der Waals surface area (Å²) in [4.78, 5) is 13.4. The molecule has 3 aliphatic heterocycles. The molecule has 0 aromatic heterocycles. The second-order valence-electron chi connectivity index (χ2n) is 12.6. The number of carbonyl (C=O) groups excluding carboxylic acids is 1. The molecule has 3 aromatic carbocycles. The fraction of sp³-hybridized carbons (Fsp3) is 0.486. The molecule has 3 saturated heterocycles. The van der Waals surface area contributed by atoms with E-state index in [0.717, 1.165) is 11.1 Å². The lowest BCUT2D eigenvalue weighted by Gasteiger charge is -2.47. The predicted molar refractivity (Wildman–Crippen MR) is 170 cm³/mol. The molecule has 3 aliphatic rings. The first-order valence-corrected chi connectivity index (χ1v) is 16.1. The molecule has 10 heteroatoms. The number of hydrogen-bond acceptors (Lipinski definition) is 10. The van der Waals surface area contributed by atoms with Crippen LogP contribution in [0.2, 0.25) is 0 Å². The van der Waals surface area contributed by atoms with E-state index in [-0.39, 0.29) is 13.2 Å². The molecule has 6 rings (SSSR count). The molecule has 3 heterocycles. The molecule has 10 atom stereocenters. The van der Waals surface area contributed by atoms with Gasteiger partial charge in [0.2, 0.25) is 0 Å². The lowest BCUT2D eigenvalue weighted by Crippen LogP contribution is -2.64. The number of methoxy groups -OCH3 is 1. The molecular formula is C37H44O10. The molecule has 0 spiro atoms. The highest BCUT2D eigenvalue weighted by atomic mass is 16.8. The van der Waals surface area contributed by atoms with E-state index in [1.807, 2.05) is 94.4 Å². The first-order chi connectivity index (χ1) is 22.7. The topological polar surface area (TPSA) is 100 Å². The molecular weight excluding hydrogens is 604 g/mol. The Hall–Kier alpha value is -3.19. The molecule has 0 radical (unpaired) electrons. The van der Waals surface area contributed by atoms with Crippen molar-refractivity contribution in [3.05, 3.63) is 108 Å². The van der Waals surface area contributed by atoms with E-state index in [0.29, 0.717) is 5.56 Å². The predicted octanol–water partition coefficient (Wildman–Crippen LogP) is 5.42. The Labute approximate surface area is 276 Å². The smallest absolute Gasteiger partial charge is 0.338 e. The lowest BCUT2D eigenvalue weighted by atomic mass is 9.97. The van der Waals surface area contributed by atoms with E-state index in [4.69, 9.17) is 42.6 Å². The van der Waals surface area contributed by atoms with Crippen LogP contribution in [-0.2, 0) is 55.8 Å². The van der Waals surface area contributed by atoms with Gasteiger partial charge in [0.15, 0.2) is 24.5 Å². The van der Waals surface area contributed by atoms with Crippen LogP contribution in [0.5, 0.6) is 0 Å². The molecule has 252 valence electrons. The van der Waals surface area contributed by atoms with Gasteiger partial charge in [0, 0.05) is 7.11 Å². The molecule has 0 unspecified atom stereocenters. The molecule has 0 amide bonds. The van der Waals surface area contributed by atoms with Gasteiger partial charge in [0.05, 0.1) is 31.0 Å². The van der Waals surface area contributed by atoms with Gasteiger partial charge in [-0.2, -0.15) is 0 Å². The maximum Gasteiger partial charge on any atom is 0.338 e. The van der Waals surface area contributed by atoms with Gasteiger partial charge in [-0.05, 0) is 51.0 Å². The molecule has 47 heavy (non-hydrogen) atoms. The molecule has 10 nitrogen and oxygen atoms in total. The third kappa shape index (κ3) is 7.93. The largest absolute Gasteiger partial charge is 0.453 e. The highest BCUT2D eigenvalue weighted by Gasteiger charge is 2.57. The SMILES string of the molecule is CO[C@@H]1O[C@@H](C)[C@H](O[C@H]2O[C@@H](C)[C@H](OC(=O)c3ccccc3)[C@@H](OCc3ccccc3)[C@H]2OCc2ccccc2)[C@H]2OC(C)(C)O[C@@H]12. The first kappa shape index (κ1) is 33.7. The van der Waals surface area contributed by atoms with Gasteiger partial charge in [0.25, 0.3) is 0 Å². The number of ether oxygens (including phenoxy) is 9. The molecule has 0 saturated carbocycles.